The van der Waals surface area contributed by atoms with Gasteiger partial charge in [0.15, 0.2) is 0 Å². The van der Waals surface area contributed by atoms with E-state index in [4.69, 9.17) is 0 Å². The molecule has 0 N–H and O–H groups in total. The second-order valence-corrected chi connectivity index (χ2v) is 12.4. The molecular weight excluding hydrogens is 515 g/mol. The molecule has 1 nitrogen and oxygen atoms in total. The molecule has 0 aliphatic rings. The maximum Gasteiger partial charge on any atom is 0.0549 e. The van der Waals surface area contributed by atoms with Crippen LogP contribution >= 0.6 is 11.3 Å². The third kappa shape index (κ3) is 4.40. The number of hydrogen-bond acceptors (Lipinski definition) is 2. The van der Waals surface area contributed by atoms with E-state index in [-0.39, 0.29) is 0 Å². The van der Waals surface area contributed by atoms with E-state index in [1.54, 1.807) is 0 Å². The van der Waals surface area contributed by atoms with Gasteiger partial charge in [0.2, 0.25) is 0 Å². The van der Waals surface area contributed by atoms with Crippen LogP contribution in [0.4, 0.5) is 17.1 Å². The Labute approximate surface area is 246 Å². The fourth-order valence-corrected chi connectivity index (χ4v) is 7.58. The van der Waals surface area contributed by atoms with E-state index in [0.717, 1.165) is 11.4 Å². The Morgan fingerprint density at radius 1 is 0.561 bits per heavy atom. The highest BCUT2D eigenvalue weighted by molar-refractivity contribution is 7.26. The summed E-state index contributed by atoms with van der Waals surface area (Å²) < 4.78 is 2.69. The molecule has 7 aromatic rings. The van der Waals surface area contributed by atoms with Gasteiger partial charge in [-0.1, -0.05) is 92.7 Å². The average molecular weight is 548 g/mol. The molecule has 0 saturated heterocycles. The lowest BCUT2D eigenvalue weighted by Gasteiger charge is -2.30. The van der Waals surface area contributed by atoms with Crippen LogP contribution < -0.4 is 4.90 Å². The molecule has 0 radical (unpaired) electrons. The van der Waals surface area contributed by atoms with Gasteiger partial charge in [-0.05, 0) is 95.3 Å². The van der Waals surface area contributed by atoms with Gasteiger partial charge in [0.1, 0.15) is 0 Å². The van der Waals surface area contributed by atoms with E-state index < -0.39 is 0 Å². The minimum atomic E-state index is 0.378. The molecule has 41 heavy (non-hydrogen) atoms. The summed E-state index contributed by atoms with van der Waals surface area (Å²) >= 11 is 1.91. The molecule has 0 bridgehead atoms. The van der Waals surface area contributed by atoms with Crippen LogP contribution in [0.2, 0.25) is 0 Å². The molecule has 0 saturated carbocycles. The molecule has 1 aromatic heterocycles. The third-order valence-corrected chi connectivity index (χ3v) is 9.19. The normalized spacial score (nSPS) is 11.6. The van der Waals surface area contributed by atoms with Gasteiger partial charge in [0, 0.05) is 37.1 Å². The zero-order chi connectivity index (χ0) is 28.1. The van der Waals surface area contributed by atoms with Crippen molar-refractivity contribution in [2.24, 2.45) is 0 Å². The molecule has 2 heteroatoms. The second kappa shape index (κ2) is 10.2. The van der Waals surface area contributed by atoms with Gasteiger partial charge in [-0.2, -0.15) is 0 Å². The van der Waals surface area contributed by atoms with Gasteiger partial charge >= 0.3 is 0 Å². The average Bonchev–Trinajstić information content (AvgIpc) is 3.34. The predicted octanol–water partition coefficient (Wildman–Crippen LogP) is 12.1. The van der Waals surface area contributed by atoms with Crippen LogP contribution in [0.5, 0.6) is 0 Å². The van der Waals surface area contributed by atoms with Gasteiger partial charge in [0.25, 0.3) is 0 Å². The van der Waals surface area contributed by atoms with Crippen molar-refractivity contribution in [1.82, 2.24) is 0 Å². The maximum absolute atomic E-state index is 2.45. The van der Waals surface area contributed by atoms with Crippen molar-refractivity contribution in [2.75, 3.05) is 4.90 Å². The first-order chi connectivity index (χ1) is 20.0. The zero-order valence-electron chi connectivity index (χ0n) is 24.0. The fraction of sp³-hybridized carbons (Fsp3) is 0.128. The highest BCUT2D eigenvalue weighted by atomic mass is 32.1. The number of rotatable bonds is 5. The first kappa shape index (κ1) is 25.6. The molecule has 0 fully saturated rings. The van der Waals surface area contributed by atoms with Crippen molar-refractivity contribution >= 4 is 59.3 Å². The number of para-hydroxylation sites is 2. The summed E-state index contributed by atoms with van der Waals surface area (Å²) in [4.78, 5) is 2.44. The van der Waals surface area contributed by atoms with Crippen LogP contribution in [0, 0.1) is 13.8 Å². The monoisotopic (exact) mass is 547 g/mol. The summed E-state index contributed by atoms with van der Waals surface area (Å²) in [5, 5.41) is 5.30. The van der Waals surface area contributed by atoms with Gasteiger partial charge in [-0.25, -0.2) is 0 Å². The van der Waals surface area contributed by atoms with E-state index in [2.05, 4.69) is 154 Å². The highest BCUT2D eigenvalue weighted by Crippen LogP contribution is 2.50. The SMILES string of the molecule is Cc1ccc2c(c1)sc1cc(C)cc(-c3c(N(c4ccccc4)c4ccccc4)cc(C(C)C)c4ccccc34)c12. The van der Waals surface area contributed by atoms with Crippen LogP contribution in [0.1, 0.15) is 36.5 Å². The Balaban J connectivity index is 1.68. The first-order valence-corrected chi connectivity index (χ1v) is 15.2. The van der Waals surface area contributed by atoms with E-state index in [1.165, 1.54) is 64.4 Å². The van der Waals surface area contributed by atoms with Gasteiger partial charge in [-0.3, -0.25) is 0 Å². The lowest BCUT2D eigenvalue weighted by molar-refractivity contribution is 0.876. The molecule has 1 heterocycles. The standard InChI is InChI=1S/C39H33NS/c1-25(2)33-24-35(40(28-13-7-5-8-14-28)29-15-9-6-10-16-29)38(31-18-12-11-17-30(31)33)34-21-27(4)23-37-39(34)32-20-19-26(3)22-36(32)41-37/h5-25H,1-4H3. The van der Waals surface area contributed by atoms with Crippen LogP contribution in [0.15, 0.2) is 121 Å². The number of aryl methyl sites for hydroxylation is 2. The molecule has 0 aliphatic carbocycles. The maximum atomic E-state index is 2.45. The van der Waals surface area contributed by atoms with Crippen molar-refractivity contribution in [3.8, 4) is 11.1 Å². The smallest absolute Gasteiger partial charge is 0.0549 e. The molecule has 0 amide bonds. The second-order valence-electron chi connectivity index (χ2n) is 11.4. The highest BCUT2D eigenvalue weighted by Gasteiger charge is 2.24. The van der Waals surface area contributed by atoms with Crippen LogP contribution in [-0.2, 0) is 0 Å². The summed E-state index contributed by atoms with van der Waals surface area (Å²) in [5.41, 5.74) is 10.0. The van der Waals surface area contributed by atoms with Gasteiger partial charge < -0.3 is 4.90 Å². The van der Waals surface area contributed by atoms with Crippen molar-refractivity contribution in [3.63, 3.8) is 0 Å². The molecular formula is C39H33NS. The molecule has 200 valence electrons. The molecule has 7 rings (SSSR count). The Bertz CT molecular complexity index is 1990. The van der Waals surface area contributed by atoms with Gasteiger partial charge in [-0.15, -0.1) is 11.3 Å². The third-order valence-electron chi connectivity index (χ3n) is 8.09. The van der Waals surface area contributed by atoms with Crippen molar-refractivity contribution in [3.05, 3.63) is 138 Å². The summed E-state index contributed by atoms with van der Waals surface area (Å²) in [5.74, 6) is 0.378. The summed E-state index contributed by atoms with van der Waals surface area (Å²) in [6.45, 7) is 9.03. The summed E-state index contributed by atoms with van der Waals surface area (Å²) in [6, 6.07) is 44.7. The fourth-order valence-electron chi connectivity index (χ4n) is 6.25. The molecule has 0 atom stereocenters. The minimum absolute atomic E-state index is 0.378. The largest absolute Gasteiger partial charge is 0.310 e. The van der Waals surface area contributed by atoms with E-state index in [1.807, 2.05) is 11.3 Å². The Morgan fingerprint density at radius 3 is 1.83 bits per heavy atom. The number of anilines is 3. The number of benzene rings is 6. The topological polar surface area (TPSA) is 3.24 Å². The lowest BCUT2D eigenvalue weighted by Crippen LogP contribution is -2.12. The van der Waals surface area contributed by atoms with Crippen molar-refractivity contribution in [2.45, 2.75) is 33.6 Å². The predicted molar refractivity (Wildman–Crippen MR) is 181 cm³/mol. The van der Waals surface area contributed by atoms with E-state index in [9.17, 15) is 0 Å². The van der Waals surface area contributed by atoms with Crippen molar-refractivity contribution < 1.29 is 0 Å². The lowest BCUT2D eigenvalue weighted by atomic mass is 9.86. The number of thiophene rings is 1. The first-order valence-electron chi connectivity index (χ1n) is 14.4. The number of nitrogens with zero attached hydrogens (tertiary/aromatic N) is 1. The quantitative estimate of drug-likeness (QED) is 0.207. The van der Waals surface area contributed by atoms with E-state index in [0.29, 0.717) is 5.92 Å². The summed E-state index contributed by atoms with van der Waals surface area (Å²) in [7, 11) is 0. The Morgan fingerprint density at radius 2 is 1.17 bits per heavy atom. The Hall–Kier alpha value is -4.40. The zero-order valence-corrected chi connectivity index (χ0v) is 24.8. The molecule has 0 spiro atoms. The number of fused-ring (bicyclic) bond motifs is 4. The Kier molecular flexibility index (Phi) is 6.37. The van der Waals surface area contributed by atoms with Crippen molar-refractivity contribution in [1.29, 1.82) is 0 Å². The van der Waals surface area contributed by atoms with Gasteiger partial charge in [0.05, 0.1) is 5.69 Å². The van der Waals surface area contributed by atoms with Crippen LogP contribution in [0.3, 0.4) is 0 Å². The van der Waals surface area contributed by atoms with E-state index >= 15 is 0 Å². The molecule has 6 aromatic carbocycles. The number of hydrogen-bond donors (Lipinski definition) is 0. The minimum Gasteiger partial charge on any atom is -0.310 e. The van der Waals surface area contributed by atoms with Crippen LogP contribution in [-0.4, -0.2) is 0 Å². The molecule has 0 unspecified atom stereocenters. The summed E-state index contributed by atoms with van der Waals surface area (Å²) in [6.07, 6.45) is 0. The van der Waals surface area contributed by atoms with Crippen LogP contribution in [0.25, 0.3) is 42.1 Å². The molecule has 0 aliphatic heterocycles.